The van der Waals surface area contributed by atoms with Crippen molar-refractivity contribution in [2.75, 3.05) is 43.0 Å². The molecule has 1 atom stereocenters. The number of aromatic nitrogens is 1. The summed E-state index contributed by atoms with van der Waals surface area (Å²) < 4.78 is 23.2. The van der Waals surface area contributed by atoms with Gasteiger partial charge in [-0.05, 0) is 18.6 Å². The van der Waals surface area contributed by atoms with Gasteiger partial charge in [0.25, 0.3) is 0 Å². The number of urea groups is 1. The fraction of sp³-hybridized carbons (Fsp3) is 0.533. The molecule has 2 aliphatic heterocycles. The molecule has 0 bridgehead atoms. The number of hydrogen-bond donors (Lipinski definition) is 1. The maximum atomic E-state index is 12.3. The number of rotatable bonds is 2. The highest BCUT2D eigenvalue weighted by atomic mass is 32.2. The van der Waals surface area contributed by atoms with Crippen molar-refractivity contribution >= 4 is 21.6 Å². The van der Waals surface area contributed by atoms with E-state index >= 15 is 0 Å². The molecule has 1 aromatic rings. The van der Waals surface area contributed by atoms with E-state index in [-0.39, 0.29) is 23.6 Å². The molecule has 2 fully saturated rings. The van der Waals surface area contributed by atoms with Gasteiger partial charge in [-0.15, -0.1) is 0 Å². The minimum Gasteiger partial charge on any atom is -0.322 e. The summed E-state index contributed by atoms with van der Waals surface area (Å²) in [5.74, 6) is 0.500. The van der Waals surface area contributed by atoms with E-state index in [4.69, 9.17) is 5.26 Å². The second kappa shape index (κ2) is 6.75. The van der Waals surface area contributed by atoms with Crippen LogP contribution in [-0.2, 0) is 9.84 Å². The smallest absolute Gasteiger partial charge is 0.321 e. The molecule has 3 heterocycles. The molecule has 9 heteroatoms. The highest BCUT2D eigenvalue weighted by Gasteiger charge is 2.34. The number of piperazine rings is 1. The number of pyridine rings is 1. The van der Waals surface area contributed by atoms with E-state index in [9.17, 15) is 13.2 Å². The molecule has 0 spiro atoms. The highest BCUT2D eigenvalue weighted by molar-refractivity contribution is 7.91. The van der Waals surface area contributed by atoms with E-state index in [1.54, 1.807) is 17.0 Å². The number of amides is 2. The number of nitriles is 1. The van der Waals surface area contributed by atoms with Gasteiger partial charge in [-0.1, -0.05) is 0 Å². The topological polar surface area (TPSA) is 106 Å². The summed E-state index contributed by atoms with van der Waals surface area (Å²) in [6, 6.07) is 5.00. The van der Waals surface area contributed by atoms with Gasteiger partial charge in [-0.2, -0.15) is 5.26 Å². The molecule has 0 radical (unpaired) electrons. The molecule has 3 rings (SSSR count). The first-order valence-corrected chi connectivity index (χ1v) is 9.65. The van der Waals surface area contributed by atoms with Crippen LogP contribution in [0.25, 0.3) is 0 Å². The van der Waals surface area contributed by atoms with Crippen LogP contribution in [0.1, 0.15) is 12.1 Å². The Kier molecular flexibility index (Phi) is 4.69. The van der Waals surface area contributed by atoms with E-state index in [2.05, 4.69) is 15.2 Å². The number of nitrogens with zero attached hydrogens (tertiary/aromatic N) is 4. The Morgan fingerprint density at radius 1 is 1.29 bits per heavy atom. The Labute approximate surface area is 141 Å². The van der Waals surface area contributed by atoms with Crippen LogP contribution in [0.4, 0.5) is 10.5 Å². The minimum atomic E-state index is -2.89. The molecule has 128 valence electrons. The Bertz CT molecular complexity index is 748. The second-order valence-electron chi connectivity index (χ2n) is 6.05. The van der Waals surface area contributed by atoms with Crippen molar-refractivity contribution in [1.82, 2.24) is 14.8 Å². The molecule has 1 aromatic heterocycles. The first kappa shape index (κ1) is 16.7. The number of nitrogens with one attached hydrogen (secondary N) is 1. The molecule has 0 aliphatic carbocycles. The Hall–Kier alpha value is -2.18. The molecule has 2 aliphatic rings. The van der Waals surface area contributed by atoms with Crippen molar-refractivity contribution in [1.29, 1.82) is 5.26 Å². The minimum absolute atomic E-state index is 0.0861. The quantitative estimate of drug-likeness (QED) is 0.822. The molecule has 2 amide bonds. The second-order valence-corrected chi connectivity index (χ2v) is 8.28. The van der Waals surface area contributed by atoms with Crippen LogP contribution in [0, 0.1) is 11.3 Å². The number of sulfone groups is 1. The van der Waals surface area contributed by atoms with Crippen LogP contribution in [0.15, 0.2) is 18.3 Å². The summed E-state index contributed by atoms with van der Waals surface area (Å²) in [7, 11) is -2.89. The van der Waals surface area contributed by atoms with E-state index < -0.39 is 9.84 Å². The van der Waals surface area contributed by atoms with E-state index in [1.807, 2.05) is 6.07 Å². The number of carbonyl (C=O) groups excluding carboxylic acids is 1. The Balaban J connectivity index is 1.51. The lowest BCUT2D eigenvalue weighted by Gasteiger charge is -2.37. The summed E-state index contributed by atoms with van der Waals surface area (Å²) in [4.78, 5) is 20.0. The summed E-state index contributed by atoms with van der Waals surface area (Å²) in [5.41, 5.74) is 0.844. The lowest BCUT2D eigenvalue weighted by atomic mass is 10.2. The van der Waals surface area contributed by atoms with Crippen LogP contribution in [0.5, 0.6) is 0 Å². The third-order valence-corrected chi connectivity index (χ3v) is 6.21. The van der Waals surface area contributed by atoms with Crippen molar-refractivity contribution in [2.24, 2.45) is 0 Å². The molecule has 0 saturated carbocycles. The Morgan fingerprint density at radius 3 is 2.58 bits per heavy atom. The molecule has 2 saturated heterocycles. The predicted octanol–water partition coefficient (Wildman–Crippen LogP) is 0.290. The maximum absolute atomic E-state index is 12.3. The first-order valence-electron chi connectivity index (χ1n) is 7.83. The van der Waals surface area contributed by atoms with Gasteiger partial charge >= 0.3 is 6.03 Å². The fourth-order valence-electron chi connectivity index (χ4n) is 3.09. The van der Waals surface area contributed by atoms with E-state index in [0.29, 0.717) is 44.0 Å². The van der Waals surface area contributed by atoms with E-state index in [0.717, 1.165) is 0 Å². The van der Waals surface area contributed by atoms with Gasteiger partial charge in [0.1, 0.15) is 11.8 Å². The summed E-state index contributed by atoms with van der Waals surface area (Å²) in [6.07, 6.45) is 2.14. The van der Waals surface area contributed by atoms with Crippen LogP contribution >= 0.6 is 0 Å². The van der Waals surface area contributed by atoms with Gasteiger partial charge in [0.15, 0.2) is 9.84 Å². The molecule has 8 nitrogen and oxygen atoms in total. The fourth-order valence-corrected chi connectivity index (χ4v) is 4.85. The molecule has 1 unspecified atom stereocenters. The lowest BCUT2D eigenvalue weighted by molar-refractivity contribution is 0.121. The van der Waals surface area contributed by atoms with Crippen molar-refractivity contribution in [3.63, 3.8) is 0 Å². The van der Waals surface area contributed by atoms with E-state index in [1.165, 1.54) is 6.20 Å². The maximum Gasteiger partial charge on any atom is 0.321 e. The van der Waals surface area contributed by atoms with Crippen molar-refractivity contribution in [2.45, 2.75) is 12.5 Å². The highest BCUT2D eigenvalue weighted by Crippen LogP contribution is 2.19. The first-order chi connectivity index (χ1) is 11.5. The normalized spacial score (nSPS) is 23.6. The van der Waals surface area contributed by atoms with Crippen LogP contribution < -0.4 is 5.32 Å². The largest absolute Gasteiger partial charge is 0.322 e. The average Bonchev–Trinajstić information content (AvgIpc) is 2.95. The SMILES string of the molecule is N#Cc1ccc(NC(=O)N2CCN(C3CCS(=O)(=O)C3)CC2)cn1. The summed E-state index contributed by atoms with van der Waals surface area (Å²) in [6.45, 7) is 2.48. The third-order valence-electron chi connectivity index (χ3n) is 4.46. The molecular formula is C15H19N5O3S. The van der Waals surface area contributed by atoms with Crippen LogP contribution in [0.2, 0.25) is 0 Å². The molecule has 1 N–H and O–H groups in total. The van der Waals surface area contributed by atoms with Gasteiger partial charge in [-0.3, -0.25) is 4.90 Å². The molecule has 0 aromatic carbocycles. The van der Waals surface area contributed by atoms with Gasteiger partial charge in [0, 0.05) is 32.2 Å². The summed E-state index contributed by atoms with van der Waals surface area (Å²) >= 11 is 0. The van der Waals surface area contributed by atoms with Crippen molar-refractivity contribution in [3.05, 3.63) is 24.0 Å². The monoisotopic (exact) mass is 349 g/mol. The number of carbonyl (C=O) groups is 1. The molecule has 24 heavy (non-hydrogen) atoms. The van der Waals surface area contributed by atoms with Crippen molar-refractivity contribution < 1.29 is 13.2 Å². The lowest BCUT2D eigenvalue weighted by Crippen LogP contribution is -2.53. The van der Waals surface area contributed by atoms with Crippen LogP contribution in [0.3, 0.4) is 0 Å². The number of anilines is 1. The van der Waals surface area contributed by atoms with Gasteiger partial charge < -0.3 is 10.2 Å². The standard InChI is InChI=1S/C15H19N5O3S/c16-9-12-1-2-13(10-17-12)18-15(21)20-6-4-19(5-7-20)14-3-8-24(22,23)11-14/h1-2,10,14H,3-8,11H2,(H,18,21). The van der Waals surface area contributed by atoms with Gasteiger partial charge in [0.05, 0.1) is 23.4 Å². The Morgan fingerprint density at radius 2 is 2.04 bits per heavy atom. The van der Waals surface area contributed by atoms with Crippen molar-refractivity contribution in [3.8, 4) is 6.07 Å². The summed E-state index contributed by atoms with van der Waals surface area (Å²) in [5, 5.41) is 11.5. The average molecular weight is 349 g/mol. The molecular weight excluding hydrogens is 330 g/mol. The zero-order valence-electron chi connectivity index (χ0n) is 13.2. The van der Waals surface area contributed by atoms with Gasteiger partial charge in [0.2, 0.25) is 0 Å². The number of hydrogen-bond acceptors (Lipinski definition) is 6. The van der Waals surface area contributed by atoms with Crippen LogP contribution in [-0.4, -0.2) is 73.0 Å². The zero-order chi connectivity index (χ0) is 17.2. The zero-order valence-corrected chi connectivity index (χ0v) is 14.0. The predicted molar refractivity (Wildman–Crippen MR) is 88.2 cm³/mol. The third kappa shape index (κ3) is 3.83. The van der Waals surface area contributed by atoms with Gasteiger partial charge in [-0.25, -0.2) is 18.2 Å².